The largest absolute Gasteiger partial charge is 0.497 e. The summed E-state index contributed by atoms with van der Waals surface area (Å²) >= 11 is 5.98. The van der Waals surface area contributed by atoms with Gasteiger partial charge in [-0.25, -0.2) is 4.79 Å². The second-order valence-electron chi connectivity index (χ2n) is 8.04. The van der Waals surface area contributed by atoms with E-state index in [-0.39, 0.29) is 5.91 Å². The summed E-state index contributed by atoms with van der Waals surface area (Å²) < 4.78 is 16.7. The first kappa shape index (κ1) is 24.2. The minimum Gasteiger partial charge on any atom is -0.497 e. The predicted octanol–water partition coefficient (Wildman–Crippen LogP) is 5.31. The van der Waals surface area contributed by atoms with E-state index < -0.39 is 12.1 Å². The normalized spacial score (nSPS) is 14.9. The summed E-state index contributed by atoms with van der Waals surface area (Å²) in [6.07, 6.45) is -0.662. The van der Waals surface area contributed by atoms with Crippen LogP contribution in [0, 0.1) is 0 Å². The zero-order chi connectivity index (χ0) is 24.9. The molecule has 0 saturated carbocycles. The molecule has 0 aliphatic carbocycles. The highest BCUT2D eigenvalue weighted by molar-refractivity contribution is 6.30. The van der Waals surface area contributed by atoms with Crippen molar-refractivity contribution in [2.75, 3.05) is 24.9 Å². The van der Waals surface area contributed by atoms with E-state index in [0.717, 1.165) is 11.1 Å². The van der Waals surface area contributed by atoms with Crippen LogP contribution < -0.4 is 24.8 Å². The van der Waals surface area contributed by atoms with Crippen molar-refractivity contribution in [3.63, 3.8) is 0 Å². The van der Waals surface area contributed by atoms with Gasteiger partial charge in [0, 0.05) is 46.7 Å². The molecule has 0 aromatic heterocycles. The van der Waals surface area contributed by atoms with E-state index in [1.165, 1.54) is 0 Å². The summed E-state index contributed by atoms with van der Waals surface area (Å²) in [4.78, 5) is 27.3. The second-order valence-corrected chi connectivity index (χ2v) is 8.48. The maximum atomic E-state index is 13.1. The van der Waals surface area contributed by atoms with Crippen LogP contribution in [-0.4, -0.2) is 37.2 Å². The van der Waals surface area contributed by atoms with Gasteiger partial charge >= 0.3 is 6.03 Å². The van der Waals surface area contributed by atoms with E-state index in [1.54, 1.807) is 74.6 Å². The molecule has 0 spiro atoms. The SMILES string of the molecule is COc1ccc(CN2Cc3cc(NC(=O)Nc4cccc(Cl)c4)ccc3OC(C)C2=O)c(OC)c1. The fourth-order valence-corrected chi connectivity index (χ4v) is 4.05. The average molecular weight is 496 g/mol. The number of nitrogens with one attached hydrogen (secondary N) is 2. The number of rotatable bonds is 6. The number of fused-ring (bicyclic) bond motifs is 1. The lowest BCUT2D eigenvalue weighted by molar-refractivity contribution is -0.138. The number of hydrogen-bond acceptors (Lipinski definition) is 5. The van der Waals surface area contributed by atoms with Gasteiger partial charge in [-0.2, -0.15) is 0 Å². The van der Waals surface area contributed by atoms with Crippen molar-refractivity contribution >= 4 is 34.9 Å². The topological polar surface area (TPSA) is 89.1 Å². The molecule has 1 heterocycles. The molecule has 35 heavy (non-hydrogen) atoms. The highest BCUT2D eigenvalue weighted by Crippen LogP contribution is 2.31. The molecule has 3 amide bonds. The first-order valence-corrected chi connectivity index (χ1v) is 11.4. The quantitative estimate of drug-likeness (QED) is 0.483. The van der Waals surface area contributed by atoms with Gasteiger partial charge in [-0.1, -0.05) is 17.7 Å². The molecule has 9 heteroatoms. The highest BCUT2D eigenvalue weighted by Gasteiger charge is 2.29. The van der Waals surface area contributed by atoms with Crippen molar-refractivity contribution in [3.05, 3.63) is 76.8 Å². The Kier molecular flexibility index (Phi) is 7.31. The van der Waals surface area contributed by atoms with E-state index in [9.17, 15) is 9.59 Å². The molecule has 3 aromatic carbocycles. The number of halogens is 1. The number of carbonyl (C=O) groups excluding carboxylic acids is 2. The molecule has 4 rings (SSSR count). The predicted molar refractivity (Wildman–Crippen MR) is 134 cm³/mol. The Bertz CT molecular complexity index is 1250. The van der Waals surface area contributed by atoms with Gasteiger partial charge in [0.2, 0.25) is 0 Å². The Hall–Kier alpha value is -3.91. The van der Waals surface area contributed by atoms with Gasteiger partial charge in [-0.05, 0) is 55.5 Å². The van der Waals surface area contributed by atoms with Crippen molar-refractivity contribution in [1.82, 2.24) is 4.90 Å². The summed E-state index contributed by atoms with van der Waals surface area (Å²) in [5.74, 6) is 1.74. The number of urea groups is 1. The van der Waals surface area contributed by atoms with Gasteiger partial charge < -0.3 is 29.7 Å². The van der Waals surface area contributed by atoms with E-state index in [4.69, 9.17) is 25.8 Å². The average Bonchev–Trinajstić information content (AvgIpc) is 2.95. The van der Waals surface area contributed by atoms with Gasteiger partial charge in [-0.15, -0.1) is 0 Å². The highest BCUT2D eigenvalue weighted by atomic mass is 35.5. The van der Waals surface area contributed by atoms with Crippen molar-refractivity contribution in [2.24, 2.45) is 0 Å². The van der Waals surface area contributed by atoms with Gasteiger partial charge in [0.05, 0.1) is 14.2 Å². The number of benzene rings is 3. The molecule has 1 aliphatic heterocycles. The lowest BCUT2D eigenvalue weighted by atomic mass is 10.1. The minimum atomic E-state index is -0.662. The monoisotopic (exact) mass is 495 g/mol. The number of nitrogens with zero attached hydrogens (tertiary/aromatic N) is 1. The Morgan fingerprint density at radius 1 is 1.06 bits per heavy atom. The molecule has 3 aromatic rings. The van der Waals surface area contributed by atoms with Crippen molar-refractivity contribution < 1.29 is 23.8 Å². The standard InChI is InChI=1S/C26H26ClN3O5/c1-16-25(31)30(14-17-7-9-22(33-2)13-24(17)34-3)15-18-11-21(8-10-23(18)35-16)29-26(32)28-20-6-4-5-19(27)12-20/h4-13,16H,14-15H2,1-3H3,(H2,28,29,32). The first-order valence-electron chi connectivity index (χ1n) is 11.0. The van der Waals surface area contributed by atoms with Gasteiger partial charge in [0.1, 0.15) is 17.2 Å². The van der Waals surface area contributed by atoms with Crippen molar-refractivity contribution in [1.29, 1.82) is 0 Å². The number of methoxy groups -OCH3 is 2. The Balaban J connectivity index is 1.53. The Labute approximate surface area is 208 Å². The molecule has 0 bridgehead atoms. The van der Waals surface area contributed by atoms with Crippen LogP contribution in [0.1, 0.15) is 18.1 Å². The molecule has 0 radical (unpaired) electrons. The van der Waals surface area contributed by atoms with E-state index in [2.05, 4.69) is 10.6 Å². The molecule has 1 unspecified atom stereocenters. The molecule has 0 saturated heterocycles. The zero-order valence-corrected chi connectivity index (χ0v) is 20.4. The number of hydrogen-bond donors (Lipinski definition) is 2. The smallest absolute Gasteiger partial charge is 0.323 e. The molecule has 1 aliphatic rings. The van der Waals surface area contributed by atoms with E-state index >= 15 is 0 Å². The minimum absolute atomic E-state index is 0.146. The third-order valence-corrected chi connectivity index (χ3v) is 5.82. The number of anilines is 2. The van der Waals surface area contributed by atoms with Gasteiger partial charge in [0.25, 0.3) is 5.91 Å². The molecule has 0 fully saturated rings. The van der Waals surface area contributed by atoms with Gasteiger partial charge in [0.15, 0.2) is 6.10 Å². The fourth-order valence-electron chi connectivity index (χ4n) is 3.86. The van der Waals surface area contributed by atoms with Crippen molar-refractivity contribution in [2.45, 2.75) is 26.1 Å². The van der Waals surface area contributed by atoms with Crippen LogP contribution in [0.15, 0.2) is 60.7 Å². The number of carbonyl (C=O) groups is 2. The fraction of sp³-hybridized carbons (Fsp3) is 0.231. The molecule has 2 N–H and O–H groups in total. The van der Waals surface area contributed by atoms with Crippen LogP contribution in [0.4, 0.5) is 16.2 Å². The van der Waals surface area contributed by atoms with Crippen LogP contribution in [0.2, 0.25) is 5.02 Å². The van der Waals surface area contributed by atoms with Crippen LogP contribution in [0.25, 0.3) is 0 Å². The lowest BCUT2D eigenvalue weighted by Crippen LogP contribution is -2.37. The van der Waals surface area contributed by atoms with E-state index in [1.807, 2.05) is 12.1 Å². The summed E-state index contributed by atoms with van der Waals surface area (Å²) in [5.41, 5.74) is 2.76. The van der Waals surface area contributed by atoms with E-state index in [0.29, 0.717) is 46.7 Å². The molecule has 8 nitrogen and oxygen atoms in total. The molecular formula is C26H26ClN3O5. The summed E-state index contributed by atoms with van der Waals surface area (Å²) in [6, 6.07) is 17.2. The third kappa shape index (κ3) is 5.78. The summed E-state index contributed by atoms with van der Waals surface area (Å²) in [7, 11) is 3.17. The maximum absolute atomic E-state index is 13.1. The molecule has 1 atom stereocenters. The van der Waals surface area contributed by atoms with Crippen LogP contribution in [0.5, 0.6) is 17.2 Å². The van der Waals surface area contributed by atoms with Crippen LogP contribution >= 0.6 is 11.6 Å². The summed E-state index contributed by atoms with van der Waals surface area (Å²) in [6.45, 7) is 2.35. The zero-order valence-electron chi connectivity index (χ0n) is 19.6. The first-order chi connectivity index (χ1) is 16.9. The maximum Gasteiger partial charge on any atom is 0.323 e. The number of ether oxygens (including phenoxy) is 3. The summed E-state index contributed by atoms with van der Waals surface area (Å²) in [5, 5.41) is 6.08. The van der Waals surface area contributed by atoms with Crippen LogP contribution in [0.3, 0.4) is 0 Å². The molecule has 182 valence electrons. The van der Waals surface area contributed by atoms with Gasteiger partial charge in [-0.3, -0.25) is 4.79 Å². The molecular weight excluding hydrogens is 470 g/mol. The Morgan fingerprint density at radius 2 is 1.83 bits per heavy atom. The van der Waals surface area contributed by atoms with Crippen LogP contribution in [-0.2, 0) is 17.9 Å². The third-order valence-electron chi connectivity index (χ3n) is 5.58. The second kappa shape index (κ2) is 10.6. The number of amides is 3. The van der Waals surface area contributed by atoms with Crippen molar-refractivity contribution in [3.8, 4) is 17.2 Å². The lowest BCUT2D eigenvalue weighted by Gasteiger charge is -2.23. The Morgan fingerprint density at radius 3 is 2.54 bits per heavy atom.